The molecule has 0 atom stereocenters. The van der Waals surface area contributed by atoms with Crippen molar-refractivity contribution < 1.29 is 19.0 Å². The number of nitrogens with zero attached hydrogens (tertiary/aromatic N) is 2. The molecule has 0 saturated carbocycles. The Morgan fingerprint density at radius 3 is 2.77 bits per heavy atom. The van der Waals surface area contributed by atoms with Crippen molar-refractivity contribution >= 4 is 17.4 Å². The number of carbonyl (C=O) groups excluding carboxylic acids is 1. The first-order valence-corrected chi connectivity index (χ1v) is 9.42. The highest BCUT2D eigenvalue weighted by atomic mass is 32.1. The van der Waals surface area contributed by atoms with Gasteiger partial charge in [0.2, 0.25) is 0 Å². The van der Waals surface area contributed by atoms with Crippen LogP contribution in [0.15, 0.2) is 30.5 Å². The van der Waals surface area contributed by atoms with Crippen LogP contribution in [0.3, 0.4) is 0 Å². The molecule has 7 nitrogen and oxygen atoms in total. The Kier molecular flexibility index (Phi) is 6.82. The maximum atomic E-state index is 10.6. The first kappa shape index (κ1) is 18.6. The summed E-state index contributed by atoms with van der Waals surface area (Å²) >= 11 is 1.47. The summed E-state index contributed by atoms with van der Waals surface area (Å²) in [5.41, 5.74) is 5.97. The lowest BCUT2D eigenvalue weighted by atomic mass is 10.2. The van der Waals surface area contributed by atoms with Crippen LogP contribution in [-0.2, 0) is 16.1 Å². The molecule has 0 unspecified atom stereocenters. The van der Waals surface area contributed by atoms with Gasteiger partial charge in [0.05, 0.1) is 24.7 Å². The van der Waals surface area contributed by atoms with Crippen molar-refractivity contribution in [1.82, 2.24) is 9.88 Å². The highest BCUT2D eigenvalue weighted by Crippen LogP contribution is 2.27. The molecule has 1 amide bonds. The van der Waals surface area contributed by atoms with Crippen molar-refractivity contribution in [3.05, 3.63) is 35.3 Å². The molecule has 3 rings (SSSR count). The number of hydrogen-bond acceptors (Lipinski definition) is 7. The minimum absolute atomic E-state index is 0.150. The fourth-order valence-electron chi connectivity index (χ4n) is 2.65. The second-order valence-corrected chi connectivity index (χ2v) is 7.04. The Labute approximate surface area is 156 Å². The number of hydrogen-bond donors (Lipinski definition) is 1. The Morgan fingerprint density at radius 1 is 1.27 bits per heavy atom. The Bertz CT molecular complexity index is 699. The molecule has 0 spiro atoms. The number of primary amides is 1. The molecule has 0 aliphatic carbocycles. The lowest BCUT2D eigenvalue weighted by Crippen LogP contribution is -2.37. The summed E-state index contributed by atoms with van der Waals surface area (Å²) in [5.74, 6) is 0.851. The van der Waals surface area contributed by atoms with E-state index in [1.165, 1.54) is 11.3 Å². The fraction of sp³-hybridized carbons (Fsp3) is 0.444. The van der Waals surface area contributed by atoms with Gasteiger partial charge < -0.3 is 19.9 Å². The van der Waals surface area contributed by atoms with E-state index in [-0.39, 0.29) is 6.61 Å². The van der Waals surface area contributed by atoms with Crippen molar-refractivity contribution in [1.29, 1.82) is 0 Å². The molecule has 1 aliphatic heterocycles. The van der Waals surface area contributed by atoms with Crippen molar-refractivity contribution in [3.8, 4) is 16.3 Å². The molecule has 1 aromatic carbocycles. The predicted octanol–water partition coefficient (Wildman–Crippen LogP) is 2.51. The molecular weight excluding hydrogens is 354 g/mol. The molecule has 2 heterocycles. The van der Waals surface area contributed by atoms with E-state index in [0.717, 1.165) is 60.5 Å². The number of amides is 1. The molecule has 0 bridgehead atoms. The third-order valence-electron chi connectivity index (χ3n) is 4.00. The fourth-order valence-corrected chi connectivity index (χ4v) is 3.48. The lowest BCUT2D eigenvalue weighted by molar-refractivity contribution is 0.0358. The second-order valence-electron chi connectivity index (χ2n) is 5.92. The zero-order chi connectivity index (χ0) is 18.2. The number of nitrogens with two attached hydrogens (primary N) is 1. The van der Waals surface area contributed by atoms with Crippen molar-refractivity contribution in [2.75, 3.05) is 39.5 Å². The monoisotopic (exact) mass is 377 g/mol. The summed E-state index contributed by atoms with van der Waals surface area (Å²) in [6.45, 7) is 5.56. The normalized spacial score (nSPS) is 14.9. The molecule has 1 aliphatic rings. The minimum atomic E-state index is -0.782. The number of benzene rings is 1. The van der Waals surface area contributed by atoms with Crippen LogP contribution in [0.1, 0.15) is 11.3 Å². The van der Waals surface area contributed by atoms with E-state index in [9.17, 15) is 4.79 Å². The molecule has 1 fully saturated rings. The van der Waals surface area contributed by atoms with E-state index in [2.05, 4.69) is 9.88 Å². The molecule has 2 aromatic rings. The van der Waals surface area contributed by atoms with Crippen LogP contribution in [0.5, 0.6) is 5.75 Å². The molecule has 0 radical (unpaired) electrons. The third-order valence-corrected chi connectivity index (χ3v) is 5.02. The van der Waals surface area contributed by atoms with E-state index < -0.39 is 6.09 Å². The summed E-state index contributed by atoms with van der Waals surface area (Å²) in [7, 11) is 0. The molecule has 8 heteroatoms. The largest absolute Gasteiger partial charge is 0.494 e. The standard InChI is InChI=1S/C18H23N3O4S/c19-18(22)25-13-16-12-20-17(26-16)14-2-4-15(5-3-14)24-9-1-6-21-7-10-23-11-8-21/h2-5,12H,1,6-11,13H2,(H2,19,22). The molecule has 1 saturated heterocycles. The van der Waals surface area contributed by atoms with Crippen LogP contribution in [0.25, 0.3) is 10.6 Å². The first-order chi connectivity index (χ1) is 12.7. The van der Waals surface area contributed by atoms with E-state index in [4.69, 9.17) is 19.9 Å². The molecular formula is C18H23N3O4S. The van der Waals surface area contributed by atoms with Gasteiger partial charge in [0.15, 0.2) is 0 Å². The minimum Gasteiger partial charge on any atom is -0.494 e. The van der Waals surface area contributed by atoms with Gasteiger partial charge in [0.25, 0.3) is 0 Å². The average Bonchev–Trinajstić information content (AvgIpc) is 3.14. The van der Waals surface area contributed by atoms with Gasteiger partial charge in [-0.2, -0.15) is 0 Å². The van der Waals surface area contributed by atoms with Gasteiger partial charge >= 0.3 is 6.09 Å². The maximum absolute atomic E-state index is 10.6. The van der Waals surface area contributed by atoms with Crippen LogP contribution in [0, 0.1) is 0 Å². The topological polar surface area (TPSA) is 86.9 Å². The SMILES string of the molecule is NC(=O)OCc1cnc(-c2ccc(OCCCN3CCOCC3)cc2)s1. The van der Waals surface area contributed by atoms with Crippen molar-refractivity contribution in [3.63, 3.8) is 0 Å². The predicted molar refractivity (Wildman–Crippen MR) is 99.3 cm³/mol. The summed E-state index contributed by atoms with van der Waals surface area (Å²) in [6.07, 6.45) is 1.91. The number of ether oxygens (including phenoxy) is 3. The third kappa shape index (κ3) is 5.69. The van der Waals surface area contributed by atoms with E-state index in [1.807, 2.05) is 24.3 Å². The number of rotatable bonds is 8. The molecule has 140 valence electrons. The highest BCUT2D eigenvalue weighted by Gasteiger charge is 2.10. The number of aromatic nitrogens is 1. The van der Waals surface area contributed by atoms with Gasteiger partial charge in [-0.15, -0.1) is 11.3 Å². The Hall–Kier alpha value is -2.16. The van der Waals surface area contributed by atoms with E-state index in [0.29, 0.717) is 6.61 Å². The quantitative estimate of drug-likeness (QED) is 0.711. The number of carbonyl (C=O) groups is 1. The number of thiazole rings is 1. The van der Waals surface area contributed by atoms with Crippen LogP contribution in [-0.4, -0.2) is 55.4 Å². The molecule has 2 N–H and O–H groups in total. The van der Waals surface area contributed by atoms with Gasteiger partial charge in [-0.25, -0.2) is 9.78 Å². The van der Waals surface area contributed by atoms with Gasteiger partial charge in [-0.05, 0) is 30.7 Å². The summed E-state index contributed by atoms with van der Waals surface area (Å²) < 4.78 is 15.9. The highest BCUT2D eigenvalue weighted by molar-refractivity contribution is 7.15. The van der Waals surface area contributed by atoms with Gasteiger partial charge in [0, 0.05) is 31.4 Å². The van der Waals surface area contributed by atoms with Gasteiger partial charge in [-0.3, -0.25) is 4.90 Å². The smallest absolute Gasteiger partial charge is 0.404 e. The van der Waals surface area contributed by atoms with Crippen molar-refractivity contribution in [2.45, 2.75) is 13.0 Å². The van der Waals surface area contributed by atoms with Crippen LogP contribution >= 0.6 is 11.3 Å². The summed E-state index contributed by atoms with van der Waals surface area (Å²) in [5, 5.41) is 0.868. The zero-order valence-electron chi connectivity index (χ0n) is 14.6. The van der Waals surface area contributed by atoms with E-state index >= 15 is 0 Å². The van der Waals surface area contributed by atoms with E-state index in [1.54, 1.807) is 6.20 Å². The zero-order valence-corrected chi connectivity index (χ0v) is 15.4. The van der Waals surface area contributed by atoms with Crippen molar-refractivity contribution in [2.24, 2.45) is 5.73 Å². The first-order valence-electron chi connectivity index (χ1n) is 8.61. The van der Waals surface area contributed by atoms with Gasteiger partial charge in [0.1, 0.15) is 17.4 Å². The maximum Gasteiger partial charge on any atom is 0.404 e. The molecule has 26 heavy (non-hydrogen) atoms. The van der Waals surface area contributed by atoms with Crippen LogP contribution in [0.4, 0.5) is 4.79 Å². The average molecular weight is 377 g/mol. The second kappa shape index (κ2) is 9.51. The van der Waals surface area contributed by atoms with Gasteiger partial charge in [-0.1, -0.05) is 0 Å². The lowest BCUT2D eigenvalue weighted by Gasteiger charge is -2.26. The Balaban J connectivity index is 1.43. The van der Waals surface area contributed by atoms with Crippen LogP contribution < -0.4 is 10.5 Å². The molecule has 1 aromatic heterocycles. The van der Waals surface area contributed by atoms with Crippen LogP contribution in [0.2, 0.25) is 0 Å². The summed E-state index contributed by atoms with van der Waals surface area (Å²) in [4.78, 5) is 18.2. The number of morpholine rings is 1. The summed E-state index contributed by atoms with van der Waals surface area (Å²) in [6, 6.07) is 7.86. The Morgan fingerprint density at radius 2 is 2.04 bits per heavy atom.